The van der Waals surface area contributed by atoms with Gasteiger partial charge in [-0.15, -0.1) is 11.1 Å². The van der Waals surface area contributed by atoms with Crippen LogP contribution in [-0.4, -0.2) is 0 Å². The molecule has 244 valence electrons. The summed E-state index contributed by atoms with van der Waals surface area (Å²) in [4.78, 5) is 0. The summed E-state index contributed by atoms with van der Waals surface area (Å²) < 4.78 is 1.45. The van der Waals surface area contributed by atoms with E-state index in [-0.39, 0.29) is 35.6 Å². The van der Waals surface area contributed by atoms with E-state index in [1.807, 2.05) is 0 Å². The summed E-state index contributed by atoms with van der Waals surface area (Å²) in [6.07, 6.45) is 11.0. The third kappa shape index (κ3) is 9.03. The van der Waals surface area contributed by atoms with Crippen LogP contribution in [0.25, 0.3) is 28.3 Å². The van der Waals surface area contributed by atoms with E-state index in [4.69, 9.17) is 0 Å². The standard InChI is InChI=1S/C21H25.C13H8.C10H15.2ClH.Zr/c1-20(2,3)16-7-9-18-14(12-16)11-15-13-17(21(4,5)6)8-10-19(15)18;1-3-7-12-10(5-1)9-11-6-2-4-8-13(11)12;1-8-5-6-9(7-8)10(2,3)4;;;/h7-10,12H,11H2,1-6H3;1-5,7-9H;6-8H,1-4H3;2*1H;/q-1;;-1;;;+2/p-2. The van der Waals surface area contributed by atoms with Crippen LogP contribution in [0, 0.1) is 26.3 Å². The molecule has 4 aromatic rings. The zero-order valence-corrected chi connectivity index (χ0v) is 33.7. The van der Waals surface area contributed by atoms with Crippen molar-refractivity contribution in [1.29, 1.82) is 0 Å². The summed E-state index contributed by atoms with van der Waals surface area (Å²) in [6.45, 7) is 22.5. The Kier molecular flexibility index (Phi) is 12.5. The summed E-state index contributed by atoms with van der Waals surface area (Å²) in [5.74, 6) is 0.522. The molecule has 7 rings (SSSR count). The van der Waals surface area contributed by atoms with Gasteiger partial charge >= 0.3 is 97.5 Å². The van der Waals surface area contributed by atoms with E-state index in [1.165, 1.54) is 87.9 Å². The van der Waals surface area contributed by atoms with Gasteiger partial charge in [0.05, 0.1) is 0 Å². The van der Waals surface area contributed by atoms with Crippen LogP contribution in [0.15, 0.2) is 90.5 Å². The first-order chi connectivity index (χ1) is 21.0. The molecule has 0 amide bonds. The second-order valence-corrected chi connectivity index (χ2v) is 17.1. The number of hydrogen-bond acceptors (Lipinski definition) is 0. The van der Waals surface area contributed by atoms with Crippen LogP contribution in [0.2, 0.25) is 0 Å². The fourth-order valence-corrected chi connectivity index (χ4v) is 6.81. The van der Waals surface area contributed by atoms with E-state index in [1.54, 1.807) is 0 Å². The summed E-state index contributed by atoms with van der Waals surface area (Å²) in [7, 11) is 0. The number of benzene rings is 4. The summed E-state index contributed by atoms with van der Waals surface area (Å²) in [5, 5.41) is 1.42. The summed E-state index contributed by atoms with van der Waals surface area (Å²) in [6, 6.07) is 30.3. The maximum atomic E-state index is 3.67. The molecule has 0 spiro atoms. The zero-order valence-electron chi connectivity index (χ0n) is 29.7. The normalized spacial score (nSPS) is 15.1. The topological polar surface area (TPSA) is 0 Å². The van der Waals surface area contributed by atoms with Gasteiger partial charge in [-0.3, -0.25) is 6.08 Å². The molecule has 1 unspecified atom stereocenters. The number of allylic oxidation sites excluding steroid dienone is 4. The molecule has 0 bridgehead atoms. The number of halogens is 2. The van der Waals surface area contributed by atoms with Gasteiger partial charge in [0, 0.05) is 0 Å². The molecule has 0 fully saturated rings. The molecule has 1 atom stereocenters. The fraction of sp³-hybridized carbons (Fsp3) is 0.341. The Bertz CT molecular complexity index is 1840. The van der Waals surface area contributed by atoms with Crippen molar-refractivity contribution in [2.45, 2.75) is 86.5 Å². The van der Waals surface area contributed by atoms with Crippen LogP contribution >= 0.6 is 0 Å². The van der Waals surface area contributed by atoms with Gasteiger partial charge in [0.2, 0.25) is 0 Å². The van der Waals surface area contributed by atoms with Crippen LogP contribution in [0.5, 0.6) is 0 Å². The van der Waals surface area contributed by atoms with Crippen molar-refractivity contribution in [3.05, 3.63) is 139 Å². The van der Waals surface area contributed by atoms with E-state index < -0.39 is 0 Å². The van der Waals surface area contributed by atoms with E-state index in [0.717, 1.165) is 6.42 Å². The first-order valence-electron chi connectivity index (χ1n) is 16.3. The van der Waals surface area contributed by atoms with E-state index in [2.05, 4.69) is 172 Å². The number of fused-ring (bicyclic) bond motifs is 6. The Labute approximate surface area is 311 Å². The van der Waals surface area contributed by atoms with E-state index in [0.29, 0.717) is 11.3 Å². The van der Waals surface area contributed by atoms with Gasteiger partial charge in [0.15, 0.2) is 0 Å². The predicted octanol–water partition coefficient (Wildman–Crippen LogP) is 4.92. The third-order valence-electron chi connectivity index (χ3n) is 8.92. The molecular formula is C44H48Cl2Zr-2. The van der Waals surface area contributed by atoms with Gasteiger partial charge < -0.3 is 24.8 Å². The van der Waals surface area contributed by atoms with Crippen molar-refractivity contribution >= 4 is 6.08 Å². The van der Waals surface area contributed by atoms with Crippen molar-refractivity contribution in [3.63, 3.8) is 0 Å². The molecule has 0 heterocycles. The Hall–Kier alpha value is -2.31. The minimum absolute atomic E-state index is 0. The molecular weight excluding hydrogens is 691 g/mol. The molecule has 3 aliphatic carbocycles. The quantitative estimate of drug-likeness (QED) is 0.194. The molecule has 0 N–H and O–H groups in total. The predicted molar refractivity (Wildman–Crippen MR) is 189 cm³/mol. The Morgan fingerprint density at radius 2 is 1.34 bits per heavy atom. The van der Waals surface area contributed by atoms with Gasteiger partial charge in [-0.05, 0) is 28.4 Å². The summed E-state index contributed by atoms with van der Waals surface area (Å²) in [5.41, 5.74) is 14.6. The second kappa shape index (κ2) is 15.1. The number of rotatable bonds is 0. The average molecular weight is 739 g/mol. The molecule has 3 aliphatic rings. The van der Waals surface area contributed by atoms with Crippen molar-refractivity contribution in [3.8, 4) is 22.3 Å². The van der Waals surface area contributed by atoms with Crippen LogP contribution in [0.3, 0.4) is 0 Å². The first-order valence-corrected chi connectivity index (χ1v) is 17.5. The first kappa shape index (κ1) is 39.1. The van der Waals surface area contributed by atoms with Crippen LogP contribution in [0.1, 0.15) is 97.1 Å². The SMILES string of the molecule is CC(C)(C)c1[c-]c2c(cc1)-c1ccc(C(C)(C)C)cc1C2.CC1[C-]=CC(C(C)(C)C)=C1.[Cl-].[Cl-].[Zr+2]=[c]1cccc2c1=Cc1ccccc1-2. The molecule has 47 heavy (non-hydrogen) atoms. The van der Waals surface area contributed by atoms with Crippen LogP contribution < -0.4 is 30.0 Å². The van der Waals surface area contributed by atoms with Gasteiger partial charge in [-0.2, -0.15) is 35.4 Å². The fourth-order valence-electron chi connectivity index (χ4n) is 6.06. The third-order valence-corrected chi connectivity index (χ3v) is 9.99. The van der Waals surface area contributed by atoms with Crippen LogP contribution in [0.4, 0.5) is 0 Å². The zero-order chi connectivity index (χ0) is 32.7. The van der Waals surface area contributed by atoms with Gasteiger partial charge in [-0.25, -0.2) is 6.08 Å². The Morgan fingerprint density at radius 3 is 1.94 bits per heavy atom. The van der Waals surface area contributed by atoms with Crippen LogP contribution in [-0.2, 0) is 41.5 Å². The monoisotopic (exact) mass is 736 g/mol. The molecule has 0 nitrogen and oxygen atoms in total. The van der Waals surface area contributed by atoms with Crippen molar-refractivity contribution < 1.29 is 49.0 Å². The number of hydrogen-bond donors (Lipinski definition) is 0. The molecule has 0 saturated carbocycles. The Balaban J connectivity index is 0.000000201. The molecule has 4 aromatic carbocycles. The molecule has 0 aromatic heterocycles. The second-order valence-electron chi connectivity index (χ2n) is 15.8. The minimum atomic E-state index is 0. The molecule has 0 saturated heterocycles. The summed E-state index contributed by atoms with van der Waals surface area (Å²) >= 11 is 1.49. The average Bonchev–Trinajstić information content (AvgIpc) is 3.67. The van der Waals surface area contributed by atoms with Crippen molar-refractivity contribution in [2.24, 2.45) is 11.3 Å². The van der Waals surface area contributed by atoms with Crippen molar-refractivity contribution in [1.82, 2.24) is 0 Å². The van der Waals surface area contributed by atoms with E-state index >= 15 is 0 Å². The molecule has 3 heteroatoms. The molecule has 0 aliphatic heterocycles. The van der Waals surface area contributed by atoms with E-state index in [9.17, 15) is 0 Å². The van der Waals surface area contributed by atoms with Gasteiger partial charge in [-0.1, -0.05) is 104 Å². The maximum absolute atomic E-state index is 3.67. The van der Waals surface area contributed by atoms with Crippen molar-refractivity contribution in [2.75, 3.05) is 0 Å². The Morgan fingerprint density at radius 1 is 0.681 bits per heavy atom. The van der Waals surface area contributed by atoms with Gasteiger partial charge in [0.1, 0.15) is 0 Å². The van der Waals surface area contributed by atoms with Gasteiger partial charge in [0.25, 0.3) is 0 Å². The molecule has 0 radical (unpaired) electrons.